The molecule has 3 heteroatoms. The van der Waals surface area contributed by atoms with Crippen LogP contribution in [-0.2, 0) is 0 Å². The molecule has 0 spiro atoms. The van der Waals surface area contributed by atoms with E-state index in [0.29, 0.717) is 12.0 Å². The molecule has 0 radical (unpaired) electrons. The summed E-state index contributed by atoms with van der Waals surface area (Å²) < 4.78 is 0. The fraction of sp³-hybridized carbons (Fsp3) is 0.533. The zero-order chi connectivity index (χ0) is 12.4. The lowest BCUT2D eigenvalue weighted by atomic mass is 9.90. The summed E-state index contributed by atoms with van der Waals surface area (Å²) in [7, 11) is 0. The minimum atomic E-state index is 0.143. The molecule has 1 aromatic carbocycles. The predicted octanol–water partition coefficient (Wildman–Crippen LogP) is 2.74. The van der Waals surface area contributed by atoms with Gasteiger partial charge in [-0.05, 0) is 37.2 Å². The average Bonchev–Trinajstić information content (AvgIpc) is 3.24. The molecule has 1 aliphatic heterocycles. The number of amides is 2. The molecule has 2 amide bonds. The molecule has 3 nitrogen and oxygen atoms in total. The molecular formula is C15H20N2O. The smallest absolute Gasteiger partial charge is 0.317 e. The van der Waals surface area contributed by atoms with Crippen LogP contribution in [0.2, 0.25) is 0 Å². The molecule has 1 N–H and O–H groups in total. The molecule has 1 saturated carbocycles. The second-order valence-electron chi connectivity index (χ2n) is 5.40. The normalized spacial score (nSPS) is 20.8. The first kappa shape index (κ1) is 11.6. The fourth-order valence-electron chi connectivity index (χ4n) is 2.63. The van der Waals surface area contributed by atoms with Crippen molar-refractivity contribution in [2.24, 2.45) is 0 Å². The Hall–Kier alpha value is -1.51. The first-order chi connectivity index (χ1) is 8.83. The van der Waals surface area contributed by atoms with Crippen molar-refractivity contribution in [2.45, 2.75) is 37.6 Å². The highest BCUT2D eigenvalue weighted by atomic mass is 16.2. The van der Waals surface area contributed by atoms with Crippen LogP contribution >= 0.6 is 0 Å². The summed E-state index contributed by atoms with van der Waals surface area (Å²) in [4.78, 5) is 13.9. The van der Waals surface area contributed by atoms with Crippen LogP contribution < -0.4 is 5.32 Å². The number of piperidine rings is 1. The number of carbonyl (C=O) groups excluding carboxylic acids is 1. The number of rotatable bonds is 2. The van der Waals surface area contributed by atoms with E-state index in [-0.39, 0.29) is 6.03 Å². The minimum Gasteiger partial charge on any atom is -0.335 e. The summed E-state index contributed by atoms with van der Waals surface area (Å²) in [6.07, 6.45) is 4.49. The number of carbonyl (C=O) groups is 1. The summed E-state index contributed by atoms with van der Waals surface area (Å²) in [6.45, 7) is 1.77. The van der Waals surface area contributed by atoms with Crippen LogP contribution in [0.5, 0.6) is 0 Å². The van der Waals surface area contributed by atoms with Gasteiger partial charge < -0.3 is 10.2 Å². The molecule has 2 aliphatic rings. The van der Waals surface area contributed by atoms with Crippen molar-refractivity contribution in [3.05, 3.63) is 35.9 Å². The molecular weight excluding hydrogens is 224 g/mol. The first-order valence-corrected chi connectivity index (χ1v) is 6.93. The topological polar surface area (TPSA) is 32.3 Å². The molecule has 0 bridgehead atoms. The molecule has 0 aromatic heterocycles. The quantitative estimate of drug-likeness (QED) is 0.852. The zero-order valence-electron chi connectivity index (χ0n) is 10.6. The van der Waals surface area contributed by atoms with Gasteiger partial charge in [-0.1, -0.05) is 30.3 Å². The van der Waals surface area contributed by atoms with Crippen LogP contribution in [0.25, 0.3) is 0 Å². The monoisotopic (exact) mass is 244 g/mol. The molecule has 0 unspecified atom stereocenters. The van der Waals surface area contributed by atoms with Crippen molar-refractivity contribution in [3.63, 3.8) is 0 Å². The Kier molecular flexibility index (Phi) is 3.22. The Morgan fingerprint density at radius 2 is 1.72 bits per heavy atom. The van der Waals surface area contributed by atoms with Gasteiger partial charge in [0.1, 0.15) is 0 Å². The average molecular weight is 244 g/mol. The molecule has 96 valence electrons. The maximum absolute atomic E-state index is 11.9. The van der Waals surface area contributed by atoms with Gasteiger partial charge in [-0.3, -0.25) is 0 Å². The summed E-state index contributed by atoms with van der Waals surface area (Å²) in [5.41, 5.74) is 1.42. The lowest BCUT2D eigenvalue weighted by Gasteiger charge is -2.32. The Morgan fingerprint density at radius 3 is 2.33 bits per heavy atom. The van der Waals surface area contributed by atoms with Gasteiger partial charge in [0.25, 0.3) is 0 Å². The molecule has 1 aromatic rings. The molecule has 0 atom stereocenters. The van der Waals surface area contributed by atoms with E-state index in [0.717, 1.165) is 38.8 Å². The van der Waals surface area contributed by atoms with Gasteiger partial charge in [-0.15, -0.1) is 0 Å². The van der Waals surface area contributed by atoms with Gasteiger partial charge in [0, 0.05) is 19.1 Å². The number of urea groups is 1. The molecule has 1 heterocycles. The molecule has 1 aliphatic carbocycles. The standard InChI is InChI=1S/C15H20N2O/c18-15(16-14-6-7-14)17-10-8-13(9-11-17)12-4-2-1-3-5-12/h1-5,13-14H,6-11H2,(H,16,18). The van der Waals surface area contributed by atoms with E-state index in [1.54, 1.807) is 0 Å². The second-order valence-corrected chi connectivity index (χ2v) is 5.40. The number of hydrogen-bond donors (Lipinski definition) is 1. The molecule has 18 heavy (non-hydrogen) atoms. The van der Waals surface area contributed by atoms with Gasteiger partial charge >= 0.3 is 6.03 Å². The van der Waals surface area contributed by atoms with E-state index in [4.69, 9.17) is 0 Å². The van der Waals surface area contributed by atoms with Gasteiger partial charge in [-0.25, -0.2) is 4.79 Å². The maximum atomic E-state index is 11.9. The largest absolute Gasteiger partial charge is 0.335 e. The molecule has 3 rings (SSSR count). The third-order valence-electron chi connectivity index (χ3n) is 3.96. The van der Waals surface area contributed by atoms with Crippen molar-refractivity contribution in [3.8, 4) is 0 Å². The van der Waals surface area contributed by atoms with Crippen molar-refractivity contribution >= 4 is 6.03 Å². The van der Waals surface area contributed by atoms with Gasteiger partial charge in [0.2, 0.25) is 0 Å². The Labute approximate surface area is 108 Å². The van der Waals surface area contributed by atoms with E-state index < -0.39 is 0 Å². The molecule has 1 saturated heterocycles. The van der Waals surface area contributed by atoms with E-state index in [2.05, 4.69) is 35.6 Å². The zero-order valence-corrected chi connectivity index (χ0v) is 10.6. The van der Waals surface area contributed by atoms with Crippen molar-refractivity contribution < 1.29 is 4.79 Å². The Balaban J connectivity index is 1.53. The highest BCUT2D eigenvalue weighted by Gasteiger charge is 2.28. The van der Waals surface area contributed by atoms with Gasteiger partial charge in [0.05, 0.1) is 0 Å². The SMILES string of the molecule is O=C(NC1CC1)N1CCC(c2ccccc2)CC1. The van der Waals surface area contributed by atoms with Crippen LogP contribution in [0, 0.1) is 0 Å². The van der Waals surface area contributed by atoms with E-state index >= 15 is 0 Å². The maximum Gasteiger partial charge on any atom is 0.317 e. The number of nitrogens with zero attached hydrogens (tertiary/aromatic N) is 1. The number of hydrogen-bond acceptors (Lipinski definition) is 1. The summed E-state index contributed by atoms with van der Waals surface area (Å²) >= 11 is 0. The predicted molar refractivity (Wildman–Crippen MR) is 71.5 cm³/mol. The van der Waals surface area contributed by atoms with Crippen LogP contribution in [0.15, 0.2) is 30.3 Å². The first-order valence-electron chi connectivity index (χ1n) is 6.93. The fourth-order valence-corrected chi connectivity index (χ4v) is 2.63. The highest BCUT2D eigenvalue weighted by Crippen LogP contribution is 2.28. The van der Waals surface area contributed by atoms with Crippen LogP contribution in [0.4, 0.5) is 4.79 Å². The van der Waals surface area contributed by atoms with Crippen LogP contribution in [-0.4, -0.2) is 30.1 Å². The summed E-state index contributed by atoms with van der Waals surface area (Å²) in [5, 5.41) is 3.07. The third kappa shape index (κ3) is 2.66. The third-order valence-corrected chi connectivity index (χ3v) is 3.96. The van der Waals surface area contributed by atoms with Crippen molar-refractivity contribution in [1.82, 2.24) is 10.2 Å². The Bertz CT molecular complexity index is 406. The van der Waals surface area contributed by atoms with E-state index in [1.807, 2.05) is 4.90 Å². The van der Waals surface area contributed by atoms with Gasteiger partial charge in [0.15, 0.2) is 0 Å². The van der Waals surface area contributed by atoms with Gasteiger partial charge in [-0.2, -0.15) is 0 Å². The van der Waals surface area contributed by atoms with E-state index in [9.17, 15) is 4.79 Å². The van der Waals surface area contributed by atoms with Crippen molar-refractivity contribution in [2.75, 3.05) is 13.1 Å². The van der Waals surface area contributed by atoms with E-state index in [1.165, 1.54) is 5.56 Å². The molecule has 2 fully saturated rings. The van der Waals surface area contributed by atoms with Crippen molar-refractivity contribution in [1.29, 1.82) is 0 Å². The number of nitrogens with one attached hydrogen (secondary N) is 1. The second kappa shape index (κ2) is 5.01. The summed E-state index contributed by atoms with van der Waals surface area (Å²) in [6, 6.07) is 11.3. The minimum absolute atomic E-state index is 0.143. The Morgan fingerprint density at radius 1 is 1.06 bits per heavy atom. The van der Waals surface area contributed by atoms with Crippen LogP contribution in [0.3, 0.4) is 0 Å². The highest BCUT2D eigenvalue weighted by molar-refractivity contribution is 5.75. The summed E-state index contributed by atoms with van der Waals surface area (Å²) in [5.74, 6) is 0.621. The lowest BCUT2D eigenvalue weighted by molar-refractivity contribution is 0.181. The lowest BCUT2D eigenvalue weighted by Crippen LogP contribution is -2.44. The number of benzene rings is 1. The number of likely N-dealkylation sites (tertiary alicyclic amines) is 1. The van der Waals surface area contributed by atoms with Crippen LogP contribution in [0.1, 0.15) is 37.2 Å².